The van der Waals surface area contributed by atoms with Gasteiger partial charge in [-0.1, -0.05) is 21.6 Å². The largest absolute Gasteiger partial charge is 0.469 e. The zero-order chi connectivity index (χ0) is 34.7. The van der Waals surface area contributed by atoms with E-state index in [1.54, 1.807) is 27.7 Å². The third-order valence-corrected chi connectivity index (χ3v) is 10.0. The van der Waals surface area contributed by atoms with Gasteiger partial charge in [0.25, 0.3) is 0 Å². The minimum atomic E-state index is -4.81. The van der Waals surface area contributed by atoms with Crippen LogP contribution in [0.2, 0.25) is 0 Å². The quantitative estimate of drug-likeness (QED) is 0.0690. The molecule has 2 aromatic rings. The topological polar surface area (TPSA) is 278 Å². The van der Waals surface area contributed by atoms with Crippen LogP contribution in [-0.2, 0) is 40.9 Å². The molecule has 2 aromatic heterocycles. The molecule has 0 unspecified atom stereocenters. The van der Waals surface area contributed by atoms with E-state index in [0.29, 0.717) is 56.8 Å². The molecule has 22 heteroatoms. The molecule has 2 heterocycles. The monoisotopic (exact) mass is 722 g/mol. The van der Waals surface area contributed by atoms with Crippen LogP contribution >= 0.6 is 37.2 Å². The van der Waals surface area contributed by atoms with Gasteiger partial charge in [0.15, 0.2) is 0 Å². The second kappa shape index (κ2) is 17.9. The zero-order valence-electron chi connectivity index (χ0n) is 25.3. The molecular formula is C24H36N8O10P2S2. The molecule has 0 aliphatic rings. The van der Waals surface area contributed by atoms with Gasteiger partial charge in [-0.3, -0.25) is 18.6 Å². The van der Waals surface area contributed by atoms with E-state index in [2.05, 4.69) is 29.0 Å². The summed E-state index contributed by atoms with van der Waals surface area (Å²) in [6.45, 7) is 5.64. The van der Waals surface area contributed by atoms with Crippen LogP contribution in [0.1, 0.15) is 49.5 Å². The Morgan fingerprint density at radius 1 is 0.783 bits per heavy atom. The fraction of sp³-hybridized carbons (Fsp3) is 0.417. The molecule has 18 nitrogen and oxygen atoms in total. The zero-order valence-corrected chi connectivity index (χ0v) is 28.8. The number of phosphoric ester groups is 2. The van der Waals surface area contributed by atoms with Gasteiger partial charge in [0.05, 0.1) is 26.3 Å². The first-order valence-corrected chi connectivity index (χ1v) is 18.4. The Kier molecular flexibility index (Phi) is 15.3. The van der Waals surface area contributed by atoms with Gasteiger partial charge in [0.2, 0.25) is 12.8 Å². The lowest BCUT2D eigenvalue weighted by molar-refractivity contribution is -0.117. The van der Waals surface area contributed by atoms with Crippen LogP contribution in [0.4, 0.5) is 11.6 Å². The van der Waals surface area contributed by atoms with E-state index in [-0.39, 0.29) is 37.6 Å². The summed E-state index contributed by atoms with van der Waals surface area (Å²) in [4.78, 5) is 81.0. The van der Waals surface area contributed by atoms with E-state index in [9.17, 15) is 38.3 Å². The number of allylic oxidation sites excluding steroid dienone is 2. The Bertz CT molecular complexity index is 1440. The van der Waals surface area contributed by atoms with Crippen LogP contribution in [0.15, 0.2) is 33.6 Å². The first kappa shape index (κ1) is 39.3. The van der Waals surface area contributed by atoms with Crippen molar-refractivity contribution >= 4 is 61.7 Å². The van der Waals surface area contributed by atoms with Crippen molar-refractivity contribution in [3.8, 4) is 0 Å². The van der Waals surface area contributed by atoms with Gasteiger partial charge >= 0.3 is 15.6 Å². The SMILES string of the molecule is CC(=C(CCOP(=O)(O)O)SSC(CCOP(=O)(O)O)=C(C)N(C=O)Cc1cnc(C)nc1N)N(C=O)Cc1cnc(C)nc1N. The predicted octanol–water partition coefficient (Wildman–Crippen LogP) is 2.51. The van der Waals surface area contributed by atoms with E-state index in [4.69, 9.17) is 11.5 Å². The fourth-order valence-electron chi connectivity index (χ4n) is 3.61. The Morgan fingerprint density at radius 2 is 1.13 bits per heavy atom. The smallest absolute Gasteiger partial charge is 0.383 e. The van der Waals surface area contributed by atoms with E-state index in [0.717, 1.165) is 21.6 Å². The highest BCUT2D eigenvalue weighted by Crippen LogP contribution is 2.45. The van der Waals surface area contributed by atoms with Crippen molar-refractivity contribution in [2.75, 3.05) is 24.7 Å². The number of aromatic nitrogens is 4. The molecule has 0 saturated heterocycles. The number of amides is 2. The molecule has 0 spiro atoms. The molecule has 0 radical (unpaired) electrons. The minimum Gasteiger partial charge on any atom is -0.383 e. The lowest BCUT2D eigenvalue weighted by atomic mass is 10.2. The maximum atomic E-state index is 12.2. The molecule has 0 atom stereocenters. The number of anilines is 2. The van der Waals surface area contributed by atoms with E-state index < -0.39 is 28.9 Å². The van der Waals surface area contributed by atoms with Crippen LogP contribution < -0.4 is 11.5 Å². The number of aryl methyl sites for hydroxylation is 2. The van der Waals surface area contributed by atoms with E-state index in [1.807, 2.05) is 0 Å². The summed E-state index contributed by atoms with van der Waals surface area (Å²) in [7, 11) is -7.47. The average Bonchev–Trinajstić information content (AvgIpc) is 2.95. The second-order valence-corrected chi connectivity index (χ2v) is 14.3. The van der Waals surface area contributed by atoms with Crippen molar-refractivity contribution < 1.29 is 47.3 Å². The molecule has 0 fully saturated rings. The molecule has 8 N–H and O–H groups in total. The Hall–Kier alpha value is -2.90. The molecule has 0 aliphatic carbocycles. The highest BCUT2D eigenvalue weighted by atomic mass is 33.1. The lowest BCUT2D eigenvalue weighted by Crippen LogP contribution is -2.22. The molecule has 2 rings (SSSR count). The number of carbonyl (C=O) groups excluding carboxylic acids is 2. The summed E-state index contributed by atoms with van der Waals surface area (Å²) in [5.74, 6) is 1.21. The number of hydrogen-bond donors (Lipinski definition) is 6. The Morgan fingerprint density at radius 3 is 1.41 bits per heavy atom. The summed E-state index contributed by atoms with van der Waals surface area (Å²) < 4.78 is 32.0. The first-order valence-electron chi connectivity index (χ1n) is 13.2. The number of nitrogens with two attached hydrogens (primary N) is 2. The van der Waals surface area contributed by atoms with Gasteiger partial charge in [-0.15, -0.1) is 0 Å². The summed E-state index contributed by atoms with van der Waals surface area (Å²) >= 11 is 0. The van der Waals surface area contributed by atoms with Gasteiger partial charge in [-0.25, -0.2) is 29.1 Å². The maximum Gasteiger partial charge on any atom is 0.469 e. The van der Waals surface area contributed by atoms with E-state index in [1.165, 1.54) is 22.2 Å². The Balaban J connectivity index is 2.47. The van der Waals surface area contributed by atoms with Crippen molar-refractivity contribution in [1.82, 2.24) is 29.7 Å². The van der Waals surface area contributed by atoms with Crippen molar-refractivity contribution in [1.29, 1.82) is 0 Å². The molecule has 0 bridgehead atoms. The second-order valence-electron chi connectivity index (χ2n) is 9.45. The maximum absolute atomic E-state index is 12.2. The molecule has 0 aromatic carbocycles. The molecular weight excluding hydrogens is 686 g/mol. The summed E-state index contributed by atoms with van der Waals surface area (Å²) in [6, 6.07) is 0. The average molecular weight is 723 g/mol. The first-order chi connectivity index (χ1) is 21.4. The Labute approximate surface area is 272 Å². The number of nitrogens with zero attached hydrogens (tertiary/aromatic N) is 6. The van der Waals surface area contributed by atoms with Crippen LogP contribution in [-0.4, -0.2) is 75.3 Å². The van der Waals surface area contributed by atoms with Crippen LogP contribution in [0.25, 0.3) is 0 Å². The molecule has 46 heavy (non-hydrogen) atoms. The van der Waals surface area contributed by atoms with Crippen molar-refractivity contribution in [2.45, 2.75) is 53.6 Å². The summed E-state index contributed by atoms with van der Waals surface area (Å²) in [6.07, 6.45) is 3.93. The fourth-order valence-corrected chi connectivity index (χ4v) is 7.10. The standard InChI is InChI=1S/C24H36N8O10P2S2/c1-15(31(13-33)11-19-9-27-17(3)29-23(19)25)21(5-7-41-43(35,36)37)45-46-22(6-8-42-44(38,39)40)16(2)32(14-34)12-20-10-28-18(4)30-24(20)26/h9-10,13-14H,5-8,11-12H2,1-4H3,(H2,25,27,29)(H2,26,28,30)(H2,35,36,37)(H2,38,39,40). The highest BCUT2D eigenvalue weighted by molar-refractivity contribution is 8.79. The number of carbonyl (C=O) groups is 2. The van der Waals surface area contributed by atoms with Gasteiger partial charge in [0, 0.05) is 57.6 Å². The minimum absolute atomic E-state index is 0.0215. The van der Waals surface area contributed by atoms with Crippen LogP contribution in [0.5, 0.6) is 0 Å². The van der Waals surface area contributed by atoms with Gasteiger partial charge in [-0.2, -0.15) is 0 Å². The number of nitrogen functional groups attached to an aromatic ring is 2. The third-order valence-electron chi connectivity index (χ3n) is 6.06. The van der Waals surface area contributed by atoms with Crippen molar-refractivity contribution in [3.63, 3.8) is 0 Å². The van der Waals surface area contributed by atoms with Gasteiger partial charge < -0.3 is 40.8 Å². The summed E-state index contributed by atoms with van der Waals surface area (Å²) in [5.41, 5.74) is 13.7. The van der Waals surface area contributed by atoms with Crippen LogP contribution in [0, 0.1) is 13.8 Å². The molecule has 0 aliphatic heterocycles. The lowest BCUT2D eigenvalue weighted by Gasteiger charge is -2.24. The van der Waals surface area contributed by atoms with E-state index >= 15 is 0 Å². The molecule has 254 valence electrons. The molecule has 2 amide bonds. The van der Waals surface area contributed by atoms with Gasteiger partial charge in [-0.05, 0) is 27.7 Å². The normalized spacial score (nSPS) is 13.1. The van der Waals surface area contributed by atoms with Crippen molar-refractivity contribution in [2.24, 2.45) is 0 Å². The number of phosphoric acid groups is 2. The van der Waals surface area contributed by atoms with Crippen molar-refractivity contribution in [3.05, 3.63) is 56.4 Å². The third kappa shape index (κ3) is 13.4. The van der Waals surface area contributed by atoms with Gasteiger partial charge in [0.1, 0.15) is 23.3 Å². The molecule has 0 saturated carbocycles. The highest BCUT2D eigenvalue weighted by Gasteiger charge is 2.21. The van der Waals surface area contributed by atoms with Crippen LogP contribution in [0.3, 0.4) is 0 Å². The summed E-state index contributed by atoms with van der Waals surface area (Å²) in [5, 5.41) is 0. The number of hydrogen-bond acceptors (Lipinski definition) is 14. The number of rotatable bonds is 19. The predicted molar refractivity (Wildman–Crippen MR) is 171 cm³/mol.